The smallest absolute Gasteiger partial charge is 0.190 e. The lowest BCUT2D eigenvalue weighted by Gasteiger charge is -2.13. The van der Waals surface area contributed by atoms with Crippen LogP contribution in [0.2, 0.25) is 0 Å². The molecule has 2 aromatic carbocycles. The number of hydrogen-bond acceptors (Lipinski definition) is 2. The number of nitrogens with zero attached hydrogens (tertiary/aromatic N) is 1. The highest BCUT2D eigenvalue weighted by Crippen LogP contribution is 2.17. The summed E-state index contributed by atoms with van der Waals surface area (Å²) in [5, 5.41) is 6.59. The van der Waals surface area contributed by atoms with Gasteiger partial charge in [-0.2, -0.15) is 0 Å². The van der Waals surface area contributed by atoms with E-state index in [1.165, 1.54) is 6.07 Å². The Bertz CT molecular complexity index is 716. The largest absolute Gasteiger partial charge is 0.496 e. The van der Waals surface area contributed by atoms with Gasteiger partial charge in [-0.15, -0.1) is 0 Å². The zero-order valence-electron chi connectivity index (χ0n) is 15.1. The van der Waals surface area contributed by atoms with Crippen molar-refractivity contribution in [1.29, 1.82) is 0 Å². The van der Waals surface area contributed by atoms with Gasteiger partial charge in [0.25, 0.3) is 0 Å². The van der Waals surface area contributed by atoms with Gasteiger partial charge in [0.15, 0.2) is 5.96 Å². The van der Waals surface area contributed by atoms with Gasteiger partial charge in [0.05, 0.1) is 7.11 Å². The van der Waals surface area contributed by atoms with Crippen molar-refractivity contribution in [2.45, 2.75) is 19.8 Å². The number of rotatable bonds is 7. The molecule has 2 N–H and O–H groups in total. The Hall–Kier alpha value is -2.56. The van der Waals surface area contributed by atoms with Crippen LogP contribution < -0.4 is 15.4 Å². The number of benzene rings is 2. The molecule has 0 saturated heterocycles. The van der Waals surface area contributed by atoms with E-state index >= 15 is 0 Å². The lowest BCUT2D eigenvalue weighted by molar-refractivity contribution is 0.409. The summed E-state index contributed by atoms with van der Waals surface area (Å²) in [6, 6.07) is 12.9. The van der Waals surface area contributed by atoms with E-state index in [0.29, 0.717) is 0 Å². The summed E-state index contributed by atoms with van der Waals surface area (Å²) in [6.07, 6.45) is 1.67. The van der Waals surface area contributed by atoms with Crippen molar-refractivity contribution in [3.05, 3.63) is 65.0 Å². The first-order chi connectivity index (χ1) is 12.1. The van der Waals surface area contributed by atoms with Gasteiger partial charge in [0.1, 0.15) is 11.6 Å². The van der Waals surface area contributed by atoms with E-state index in [1.807, 2.05) is 31.2 Å². The highest BCUT2D eigenvalue weighted by molar-refractivity contribution is 5.79. The highest BCUT2D eigenvalue weighted by Gasteiger charge is 2.04. The predicted octanol–water partition coefficient (Wildman–Crippen LogP) is 3.09. The molecule has 0 aliphatic rings. The second-order valence-corrected chi connectivity index (χ2v) is 5.81. The maximum Gasteiger partial charge on any atom is 0.190 e. The number of nitrogens with one attached hydrogen (secondary N) is 2. The first-order valence-corrected chi connectivity index (χ1v) is 8.45. The van der Waals surface area contributed by atoms with E-state index in [2.05, 4.69) is 21.7 Å². The first-order valence-electron chi connectivity index (χ1n) is 8.45. The third kappa shape index (κ3) is 5.78. The van der Waals surface area contributed by atoms with E-state index in [9.17, 15) is 4.39 Å². The van der Waals surface area contributed by atoms with Crippen LogP contribution in [-0.4, -0.2) is 33.2 Å². The fraction of sp³-hybridized carbons (Fsp3) is 0.350. The molecule has 0 heterocycles. The van der Waals surface area contributed by atoms with E-state index in [0.717, 1.165) is 54.3 Å². The van der Waals surface area contributed by atoms with Crippen LogP contribution in [0.5, 0.6) is 5.75 Å². The minimum Gasteiger partial charge on any atom is -0.496 e. The number of guanidine groups is 1. The van der Waals surface area contributed by atoms with Crippen LogP contribution >= 0.6 is 0 Å². The lowest BCUT2D eigenvalue weighted by atomic mass is 10.1. The van der Waals surface area contributed by atoms with Crippen LogP contribution in [0.1, 0.15) is 16.7 Å². The van der Waals surface area contributed by atoms with Crippen LogP contribution in [0.25, 0.3) is 0 Å². The SMILES string of the molecule is CN=C(NCCc1ccc(F)cc1C)NCCc1ccccc1OC. The summed E-state index contributed by atoms with van der Waals surface area (Å²) >= 11 is 0. The van der Waals surface area contributed by atoms with Gasteiger partial charge < -0.3 is 15.4 Å². The van der Waals surface area contributed by atoms with Gasteiger partial charge in [-0.3, -0.25) is 4.99 Å². The van der Waals surface area contributed by atoms with E-state index in [4.69, 9.17) is 4.74 Å². The molecule has 134 valence electrons. The number of aliphatic imine (C=N–C) groups is 1. The van der Waals surface area contributed by atoms with Crippen molar-refractivity contribution < 1.29 is 9.13 Å². The van der Waals surface area contributed by atoms with Crippen LogP contribution in [0.3, 0.4) is 0 Å². The standard InChI is InChI=1S/C20H26FN3O/c1-15-14-18(21)9-8-16(15)10-12-23-20(22-2)24-13-11-17-6-4-5-7-19(17)25-3/h4-9,14H,10-13H2,1-3H3,(H2,22,23,24). The molecule has 0 amide bonds. The van der Waals surface area contributed by atoms with Crippen molar-refractivity contribution in [2.24, 2.45) is 4.99 Å². The summed E-state index contributed by atoms with van der Waals surface area (Å²) in [7, 11) is 3.44. The Morgan fingerprint density at radius 1 is 1.04 bits per heavy atom. The van der Waals surface area contributed by atoms with Gasteiger partial charge in [0.2, 0.25) is 0 Å². The highest BCUT2D eigenvalue weighted by atomic mass is 19.1. The van der Waals surface area contributed by atoms with Crippen molar-refractivity contribution in [3.63, 3.8) is 0 Å². The van der Waals surface area contributed by atoms with Gasteiger partial charge in [0, 0.05) is 20.1 Å². The Kier molecular flexibility index (Phi) is 7.26. The molecule has 0 aliphatic heterocycles. The Morgan fingerprint density at radius 3 is 2.36 bits per heavy atom. The first kappa shape index (κ1) is 18.8. The Balaban J connectivity index is 1.77. The molecule has 0 atom stereocenters. The zero-order valence-corrected chi connectivity index (χ0v) is 15.1. The molecule has 2 aromatic rings. The average molecular weight is 343 g/mol. The molecule has 4 nitrogen and oxygen atoms in total. The van der Waals surface area contributed by atoms with Crippen LogP contribution in [0.15, 0.2) is 47.5 Å². The Labute approximate surface area is 149 Å². The quantitative estimate of drug-likeness (QED) is 0.600. The summed E-state index contributed by atoms with van der Waals surface area (Å²) in [5.74, 6) is 1.47. The lowest BCUT2D eigenvalue weighted by Crippen LogP contribution is -2.39. The predicted molar refractivity (Wildman–Crippen MR) is 101 cm³/mol. The summed E-state index contributed by atoms with van der Waals surface area (Å²) in [5.41, 5.74) is 3.27. The zero-order chi connectivity index (χ0) is 18.1. The summed E-state index contributed by atoms with van der Waals surface area (Å²) in [6.45, 7) is 3.43. The van der Waals surface area contributed by atoms with Crippen LogP contribution in [-0.2, 0) is 12.8 Å². The van der Waals surface area contributed by atoms with Gasteiger partial charge >= 0.3 is 0 Å². The molecule has 25 heavy (non-hydrogen) atoms. The maximum atomic E-state index is 13.1. The summed E-state index contributed by atoms with van der Waals surface area (Å²) in [4.78, 5) is 4.23. The van der Waals surface area contributed by atoms with E-state index in [1.54, 1.807) is 20.2 Å². The molecule has 0 spiro atoms. The number of para-hydroxylation sites is 1. The number of ether oxygens (including phenoxy) is 1. The second kappa shape index (κ2) is 9.67. The van der Waals surface area contributed by atoms with E-state index in [-0.39, 0.29) is 5.82 Å². The molecule has 5 heteroatoms. The molecule has 0 aliphatic carbocycles. The van der Waals surface area contributed by atoms with Crippen LogP contribution in [0.4, 0.5) is 4.39 Å². The van der Waals surface area contributed by atoms with Crippen molar-refractivity contribution in [1.82, 2.24) is 10.6 Å². The van der Waals surface area contributed by atoms with Crippen molar-refractivity contribution >= 4 is 5.96 Å². The van der Waals surface area contributed by atoms with Crippen LogP contribution in [0, 0.1) is 12.7 Å². The third-order valence-electron chi connectivity index (χ3n) is 4.09. The molecule has 2 rings (SSSR count). The molecule has 0 bridgehead atoms. The molecular formula is C20H26FN3O. The molecule has 0 radical (unpaired) electrons. The topological polar surface area (TPSA) is 45.7 Å². The average Bonchev–Trinajstić information content (AvgIpc) is 2.62. The van der Waals surface area contributed by atoms with Crippen molar-refractivity contribution in [3.8, 4) is 5.75 Å². The maximum absolute atomic E-state index is 13.1. The van der Waals surface area contributed by atoms with Crippen molar-refractivity contribution in [2.75, 3.05) is 27.2 Å². The molecular weight excluding hydrogens is 317 g/mol. The third-order valence-corrected chi connectivity index (χ3v) is 4.09. The molecule has 0 aromatic heterocycles. The molecule has 0 unspecified atom stereocenters. The van der Waals surface area contributed by atoms with Gasteiger partial charge in [-0.05, 0) is 54.7 Å². The minimum atomic E-state index is -0.192. The normalized spacial score (nSPS) is 11.3. The monoisotopic (exact) mass is 343 g/mol. The minimum absolute atomic E-state index is 0.192. The van der Waals surface area contributed by atoms with E-state index < -0.39 is 0 Å². The summed E-state index contributed by atoms with van der Waals surface area (Å²) < 4.78 is 18.5. The number of aryl methyl sites for hydroxylation is 1. The van der Waals surface area contributed by atoms with Gasteiger partial charge in [-0.25, -0.2) is 4.39 Å². The fourth-order valence-electron chi connectivity index (χ4n) is 2.70. The number of hydrogen-bond donors (Lipinski definition) is 2. The van der Waals surface area contributed by atoms with Gasteiger partial charge in [-0.1, -0.05) is 24.3 Å². The Morgan fingerprint density at radius 2 is 1.72 bits per heavy atom. The molecule has 0 fully saturated rings. The number of halogens is 1. The number of methoxy groups -OCH3 is 1. The second-order valence-electron chi connectivity index (χ2n) is 5.81. The fourth-order valence-corrected chi connectivity index (χ4v) is 2.70. The molecule has 0 saturated carbocycles.